The molecule has 0 aliphatic rings. The van der Waals surface area contributed by atoms with Gasteiger partial charge in [0.05, 0.1) is 0 Å². The van der Waals surface area contributed by atoms with Gasteiger partial charge in [-0.25, -0.2) is 4.79 Å². The highest BCUT2D eigenvalue weighted by molar-refractivity contribution is 14.1. The standard InChI is InChI=1S/C19H20INO5/c1-12(9-10-22)17(15-11-14(20)7-8-16(15)23)26-19(25)21-18(24)13-5-3-2-4-6-13/h2-8,11-12,17,22-23H,9-10H2,1H3,(H,21,24,25)/t12-,17+/m1/s1. The molecule has 7 heteroatoms. The third-order valence-electron chi connectivity index (χ3n) is 3.88. The van der Waals surface area contributed by atoms with Crippen LogP contribution in [0.1, 0.15) is 35.4 Å². The molecule has 138 valence electrons. The van der Waals surface area contributed by atoms with Crippen LogP contribution >= 0.6 is 22.6 Å². The van der Waals surface area contributed by atoms with Crippen molar-refractivity contribution in [2.45, 2.75) is 19.4 Å². The number of aliphatic hydroxyl groups is 1. The van der Waals surface area contributed by atoms with Gasteiger partial charge in [-0.05, 0) is 65.3 Å². The lowest BCUT2D eigenvalue weighted by atomic mass is 9.94. The van der Waals surface area contributed by atoms with E-state index in [1.807, 2.05) is 0 Å². The molecule has 0 aliphatic carbocycles. The van der Waals surface area contributed by atoms with Gasteiger partial charge in [-0.1, -0.05) is 25.1 Å². The number of ether oxygens (including phenoxy) is 1. The first-order chi connectivity index (χ1) is 12.4. The van der Waals surface area contributed by atoms with Crippen molar-refractivity contribution < 1.29 is 24.5 Å². The molecule has 2 aromatic carbocycles. The molecule has 26 heavy (non-hydrogen) atoms. The zero-order valence-corrected chi connectivity index (χ0v) is 16.3. The van der Waals surface area contributed by atoms with Gasteiger partial charge in [0.2, 0.25) is 0 Å². The minimum absolute atomic E-state index is 0.0117. The van der Waals surface area contributed by atoms with Crippen molar-refractivity contribution in [2.24, 2.45) is 5.92 Å². The smallest absolute Gasteiger partial charge is 0.414 e. The first-order valence-electron chi connectivity index (χ1n) is 8.08. The summed E-state index contributed by atoms with van der Waals surface area (Å²) in [6, 6.07) is 13.3. The summed E-state index contributed by atoms with van der Waals surface area (Å²) in [7, 11) is 0. The van der Waals surface area contributed by atoms with Crippen molar-refractivity contribution in [3.63, 3.8) is 0 Å². The second-order valence-corrected chi connectivity index (χ2v) is 7.08. The summed E-state index contributed by atoms with van der Waals surface area (Å²) >= 11 is 2.09. The first-order valence-corrected chi connectivity index (χ1v) is 9.16. The summed E-state index contributed by atoms with van der Waals surface area (Å²) in [5, 5.41) is 21.5. The largest absolute Gasteiger partial charge is 0.508 e. The van der Waals surface area contributed by atoms with E-state index in [1.54, 1.807) is 49.4 Å². The van der Waals surface area contributed by atoms with Gasteiger partial charge in [0.1, 0.15) is 11.9 Å². The number of hydrogen-bond acceptors (Lipinski definition) is 5. The fraction of sp³-hybridized carbons (Fsp3) is 0.263. The van der Waals surface area contributed by atoms with Crippen molar-refractivity contribution in [2.75, 3.05) is 6.61 Å². The Labute approximate surface area is 165 Å². The Kier molecular flexibility index (Phi) is 7.40. The Bertz CT molecular complexity index is 766. The number of aliphatic hydroxyl groups excluding tert-OH is 1. The third kappa shape index (κ3) is 5.43. The van der Waals surface area contributed by atoms with Crippen molar-refractivity contribution in [3.05, 3.63) is 63.2 Å². The molecule has 2 amide bonds. The highest BCUT2D eigenvalue weighted by Gasteiger charge is 2.27. The van der Waals surface area contributed by atoms with Crippen LogP contribution in [-0.2, 0) is 4.74 Å². The summed E-state index contributed by atoms with van der Waals surface area (Å²) in [6.07, 6.45) is -1.34. The number of halogens is 1. The van der Waals surface area contributed by atoms with Gasteiger partial charge < -0.3 is 14.9 Å². The number of benzene rings is 2. The van der Waals surface area contributed by atoms with Crippen LogP contribution in [-0.4, -0.2) is 28.8 Å². The number of phenolic OH excluding ortho intramolecular Hbond substituents is 1. The molecule has 0 aromatic heterocycles. The lowest BCUT2D eigenvalue weighted by Crippen LogP contribution is -2.33. The topological polar surface area (TPSA) is 95.9 Å². The SMILES string of the molecule is C[C@H](CCO)[C@H](OC(=O)NC(=O)c1ccccc1)c1cc(I)ccc1O. The molecule has 0 fully saturated rings. The molecule has 0 spiro atoms. The molecule has 0 unspecified atom stereocenters. The molecular formula is C19H20INO5. The van der Waals surface area contributed by atoms with Crippen LogP contribution in [0.3, 0.4) is 0 Å². The average Bonchev–Trinajstić information content (AvgIpc) is 2.62. The van der Waals surface area contributed by atoms with Gasteiger partial charge in [0.25, 0.3) is 5.91 Å². The molecule has 2 rings (SSSR count). The minimum Gasteiger partial charge on any atom is -0.508 e. The molecule has 0 bridgehead atoms. The lowest BCUT2D eigenvalue weighted by molar-refractivity contribution is 0.0533. The van der Waals surface area contributed by atoms with Gasteiger partial charge in [0.15, 0.2) is 0 Å². The van der Waals surface area contributed by atoms with Crippen LogP contribution in [0.25, 0.3) is 0 Å². The third-order valence-corrected chi connectivity index (χ3v) is 4.55. The van der Waals surface area contributed by atoms with Gasteiger partial charge in [-0.2, -0.15) is 0 Å². The second kappa shape index (κ2) is 9.54. The number of amides is 2. The van der Waals surface area contributed by atoms with Gasteiger partial charge >= 0.3 is 6.09 Å². The van der Waals surface area contributed by atoms with Crippen LogP contribution < -0.4 is 5.32 Å². The fourth-order valence-corrected chi connectivity index (χ4v) is 3.01. The maximum absolute atomic E-state index is 12.2. The molecule has 3 N–H and O–H groups in total. The molecule has 0 heterocycles. The normalized spacial score (nSPS) is 12.9. The summed E-state index contributed by atoms with van der Waals surface area (Å²) < 4.78 is 6.30. The van der Waals surface area contributed by atoms with E-state index in [2.05, 4.69) is 27.9 Å². The average molecular weight is 469 g/mol. The minimum atomic E-state index is -0.910. The highest BCUT2D eigenvalue weighted by atomic mass is 127. The van der Waals surface area contributed by atoms with Crippen LogP contribution in [0.5, 0.6) is 5.75 Å². The van der Waals surface area contributed by atoms with E-state index in [9.17, 15) is 19.8 Å². The van der Waals surface area contributed by atoms with Crippen LogP contribution in [0.15, 0.2) is 48.5 Å². The Hall–Kier alpha value is -2.13. The van der Waals surface area contributed by atoms with Gasteiger partial charge in [-0.3, -0.25) is 10.1 Å². The highest BCUT2D eigenvalue weighted by Crippen LogP contribution is 2.35. The molecule has 0 radical (unpaired) electrons. The summed E-state index contributed by atoms with van der Waals surface area (Å²) in [4.78, 5) is 24.3. The van der Waals surface area contributed by atoms with Crippen LogP contribution in [0, 0.1) is 9.49 Å². The molecule has 6 nitrogen and oxygen atoms in total. The van der Waals surface area contributed by atoms with Gasteiger partial charge in [0, 0.05) is 21.3 Å². The van der Waals surface area contributed by atoms with E-state index in [-0.39, 0.29) is 18.3 Å². The number of carbonyl (C=O) groups is 2. The maximum atomic E-state index is 12.2. The van der Waals surface area contributed by atoms with Crippen molar-refractivity contribution in [1.29, 1.82) is 0 Å². The quantitative estimate of drug-likeness (QED) is 0.562. The Morgan fingerprint density at radius 2 is 1.88 bits per heavy atom. The number of phenols is 1. The first kappa shape index (κ1) is 20.2. The van der Waals surface area contributed by atoms with E-state index >= 15 is 0 Å². The van der Waals surface area contributed by atoms with E-state index < -0.39 is 18.1 Å². The number of alkyl carbamates (subject to hydrolysis) is 1. The molecule has 2 atom stereocenters. The molecule has 0 aliphatic heterocycles. The molecular weight excluding hydrogens is 449 g/mol. The second-order valence-electron chi connectivity index (χ2n) is 5.84. The Morgan fingerprint density at radius 1 is 1.19 bits per heavy atom. The summed E-state index contributed by atoms with van der Waals surface area (Å²) in [5.41, 5.74) is 0.765. The number of aromatic hydroxyl groups is 1. The zero-order chi connectivity index (χ0) is 19.1. The number of nitrogens with one attached hydrogen (secondary N) is 1. The van der Waals surface area contributed by atoms with Crippen molar-refractivity contribution >= 4 is 34.6 Å². The van der Waals surface area contributed by atoms with Crippen LogP contribution in [0.2, 0.25) is 0 Å². The molecule has 0 saturated heterocycles. The number of carbonyl (C=O) groups excluding carboxylic acids is 2. The summed E-state index contributed by atoms with van der Waals surface area (Å²) in [5.74, 6) is -0.847. The summed E-state index contributed by atoms with van der Waals surface area (Å²) in [6.45, 7) is 1.71. The van der Waals surface area contributed by atoms with Crippen LogP contribution in [0.4, 0.5) is 4.79 Å². The van der Waals surface area contributed by atoms with E-state index in [0.717, 1.165) is 3.57 Å². The number of hydrogen-bond donors (Lipinski definition) is 3. The Balaban J connectivity index is 2.17. The fourth-order valence-electron chi connectivity index (χ4n) is 2.49. The van der Waals surface area contributed by atoms with E-state index in [4.69, 9.17) is 4.74 Å². The van der Waals surface area contributed by atoms with E-state index in [1.165, 1.54) is 6.07 Å². The number of imide groups is 1. The predicted molar refractivity (Wildman–Crippen MR) is 105 cm³/mol. The zero-order valence-electron chi connectivity index (χ0n) is 14.2. The predicted octanol–water partition coefficient (Wildman–Crippen LogP) is 3.62. The van der Waals surface area contributed by atoms with Gasteiger partial charge in [-0.15, -0.1) is 0 Å². The lowest BCUT2D eigenvalue weighted by Gasteiger charge is -2.25. The monoisotopic (exact) mass is 469 g/mol. The Morgan fingerprint density at radius 3 is 2.54 bits per heavy atom. The van der Waals surface area contributed by atoms with E-state index in [0.29, 0.717) is 17.5 Å². The molecule has 0 saturated carbocycles. The maximum Gasteiger partial charge on any atom is 0.414 e. The van der Waals surface area contributed by atoms with Crippen molar-refractivity contribution in [3.8, 4) is 5.75 Å². The number of rotatable bonds is 6. The van der Waals surface area contributed by atoms with Crippen molar-refractivity contribution in [1.82, 2.24) is 5.32 Å². The molecule has 2 aromatic rings.